The minimum Gasteiger partial charge on any atom is -0.490 e. The van der Waals surface area contributed by atoms with Gasteiger partial charge in [-0.1, -0.05) is 37.6 Å². The molecule has 0 radical (unpaired) electrons. The van der Waals surface area contributed by atoms with Crippen LogP contribution in [0.5, 0.6) is 11.5 Å². The highest BCUT2D eigenvalue weighted by molar-refractivity contribution is 5.53. The molecule has 3 fully saturated rings. The second kappa shape index (κ2) is 9.54. The third kappa shape index (κ3) is 4.85. The number of hydrogen-bond donors (Lipinski definition) is 0. The van der Waals surface area contributed by atoms with Crippen LogP contribution < -0.4 is 9.47 Å². The van der Waals surface area contributed by atoms with Crippen molar-refractivity contribution in [2.45, 2.75) is 84.3 Å². The van der Waals surface area contributed by atoms with Crippen LogP contribution in [0.1, 0.15) is 72.4 Å². The number of ether oxygens (including phenoxy) is 4. The Hall–Kier alpha value is -2.04. The SMILES string of the molecule is CCC1CCC(c2cc(C)c(OCC3CO3)c(C)c2)(c2cc(C)c(OCC3CO3)c(C)c2)CC1. The Morgan fingerprint density at radius 1 is 0.735 bits per heavy atom. The zero-order chi connectivity index (χ0) is 23.9. The van der Waals surface area contributed by atoms with Gasteiger partial charge in [-0.05, 0) is 92.7 Å². The van der Waals surface area contributed by atoms with Gasteiger partial charge in [-0.25, -0.2) is 0 Å². The molecule has 0 amide bonds. The van der Waals surface area contributed by atoms with E-state index in [2.05, 4.69) is 58.9 Å². The summed E-state index contributed by atoms with van der Waals surface area (Å²) < 4.78 is 23.0. The first-order valence-corrected chi connectivity index (χ1v) is 13.1. The maximum absolute atomic E-state index is 6.16. The Morgan fingerprint density at radius 3 is 1.44 bits per heavy atom. The summed E-state index contributed by atoms with van der Waals surface area (Å²) in [5.41, 5.74) is 7.82. The van der Waals surface area contributed by atoms with Gasteiger partial charge in [-0.15, -0.1) is 0 Å². The lowest BCUT2D eigenvalue weighted by molar-refractivity contribution is 0.253. The molecule has 0 bridgehead atoms. The average Bonchev–Trinajstić information content (AvgIpc) is 3.73. The van der Waals surface area contributed by atoms with Gasteiger partial charge >= 0.3 is 0 Å². The minimum absolute atomic E-state index is 0.0347. The first-order chi connectivity index (χ1) is 16.4. The molecular formula is C30H40O4. The van der Waals surface area contributed by atoms with Crippen LogP contribution in [0.25, 0.3) is 0 Å². The summed E-state index contributed by atoms with van der Waals surface area (Å²) in [4.78, 5) is 0. The molecule has 2 saturated heterocycles. The smallest absolute Gasteiger partial charge is 0.125 e. The van der Waals surface area contributed by atoms with Crippen LogP contribution in [-0.4, -0.2) is 38.6 Å². The van der Waals surface area contributed by atoms with Gasteiger partial charge in [0.15, 0.2) is 0 Å². The molecule has 34 heavy (non-hydrogen) atoms. The van der Waals surface area contributed by atoms with Crippen molar-refractivity contribution in [3.05, 3.63) is 57.6 Å². The van der Waals surface area contributed by atoms with Gasteiger partial charge in [0.2, 0.25) is 0 Å². The predicted octanol–water partition coefficient (Wildman–Crippen LogP) is 6.36. The van der Waals surface area contributed by atoms with Crippen LogP contribution in [-0.2, 0) is 14.9 Å². The van der Waals surface area contributed by atoms with Gasteiger partial charge in [0.1, 0.15) is 36.9 Å². The lowest BCUT2D eigenvalue weighted by Gasteiger charge is -2.42. The maximum atomic E-state index is 6.16. The van der Waals surface area contributed by atoms with E-state index < -0.39 is 0 Å². The third-order valence-corrected chi connectivity index (χ3v) is 8.19. The monoisotopic (exact) mass is 464 g/mol. The first kappa shape index (κ1) is 23.7. The van der Waals surface area contributed by atoms with Crippen molar-refractivity contribution in [2.75, 3.05) is 26.4 Å². The molecule has 2 heterocycles. The highest BCUT2D eigenvalue weighted by Gasteiger charge is 2.39. The lowest BCUT2D eigenvalue weighted by Crippen LogP contribution is -2.33. The van der Waals surface area contributed by atoms with E-state index in [9.17, 15) is 0 Å². The molecular weight excluding hydrogens is 424 g/mol. The maximum Gasteiger partial charge on any atom is 0.125 e. The van der Waals surface area contributed by atoms with E-state index in [4.69, 9.17) is 18.9 Å². The fourth-order valence-electron chi connectivity index (χ4n) is 5.91. The normalized spacial score (nSPS) is 28.0. The van der Waals surface area contributed by atoms with Crippen molar-refractivity contribution in [1.82, 2.24) is 0 Å². The van der Waals surface area contributed by atoms with E-state index in [1.54, 1.807) is 0 Å². The average molecular weight is 465 g/mol. The van der Waals surface area contributed by atoms with Crippen molar-refractivity contribution in [3.63, 3.8) is 0 Å². The van der Waals surface area contributed by atoms with Crippen LogP contribution >= 0.6 is 0 Å². The van der Waals surface area contributed by atoms with Crippen LogP contribution in [0.15, 0.2) is 24.3 Å². The number of hydrogen-bond acceptors (Lipinski definition) is 4. The summed E-state index contributed by atoms with van der Waals surface area (Å²) >= 11 is 0. The van der Waals surface area contributed by atoms with E-state index in [0.717, 1.165) is 30.6 Å². The lowest BCUT2D eigenvalue weighted by atomic mass is 9.62. The molecule has 3 aliphatic rings. The van der Waals surface area contributed by atoms with Crippen LogP contribution in [0.2, 0.25) is 0 Å². The Labute approximate surface area is 204 Å². The van der Waals surface area contributed by atoms with Gasteiger partial charge in [-0.2, -0.15) is 0 Å². The van der Waals surface area contributed by atoms with Crippen molar-refractivity contribution in [3.8, 4) is 11.5 Å². The number of aryl methyl sites for hydroxylation is 4. The summed E-state index contributed by atoms with van der Waals surface area (Å²) in [5.74, 6) is 2.88. The fraction of sp³-hybridized carbons (Fsp3) is 0.600. The number of rotatable bonds is 9. The van der Waals surface area contributed by atoms with E-state index in [1.165, 1.54) is 65.5 Å². The zero-order valence-corrected chi connectivity index (χ0v) is 21.5. The molecule has 184 valence electrons. The molecule has 1 aliphatic carbocycles. The van der Waals surface area contributed by atoms with Crippen molar-refractivity contribution in [1.29, 1.82) is 0 Å². The second-order valence-corrected chi connectivity index (χ2v) is 10.8. The van der Waals surface area contributed by atoms with Gasteiger partial charge in [-0.3, -0.25) is 0 Å². The molecule has 0 spiro atoms. The van der Waals surface area contributed by atoms with Crippen molar-refractivity contribution >= 4 is 0 Å². The van der Waals surface area contributed by atoms with E-state index in [-0.39, 0.29) is 17.6 Å². The molecule has 2 unspecified atom stereocenters. The molecule has 4 nitrogen and oxygen atoms in total. The Kier molecular flexibility index (Phi) is 6.65. The Balaban J connectivity index is 1.50. The summed E-state index contributed by atoms with van der Waals surface area (Å²) in [5, 5.41) is 0. The standard InChI is InChI=1S/C30H40O4/c1-6-23-7-9-30(10-8-23,24-11-19(2)28(20(3)12-24)33-17-26-15-31-26)25-13-21(4)29(22(5)14-25)34-18-27-16-32-27/h11-14,23,26-27H,6-10,15-18H2,1-5H3. The largest absolute Gasteiger partial charge is 0.490 e. The quantitative estimate of drug-likeness (QED) is 0.405. The Morgan fingerprint density at radius 2 is 1.12 bits per heavy atom. The summed E-state index contributed by atoms with van der Waals surface area (Å²) in [6.07, 6.45) is 6.76. The molecule has 5 rings (SSSR count). The second-order valence-electron chi connectivity index (χ2n) is 10.8. The molecule has 0 N–H and O–H groups in total. The Bertz CT molecular complexity index is 907. The molecule has 2 aliphatic heterocycles. The highest BCUT2D eigenvalue weighted by atomic mass is 16.6. The summed E-state index contributed by atoms with van der Waals surface area (Å²) in [6.45, 7) is 14.1. The highest BCUT2D eigenvalue weighted by Crippen LogP contribution is 2.49. The van der Waals surface area contributed by atoms with Crippen molar-refractivity contribution in [2.24, 2.45) is 5.92 Å². The number of benzene rings is 2. The third-order valence-electron chi connectivity index (χ3n) is 8.19. The zero-order valence-electron chi connectivity index (χ0n) is 21.5. The fourth-order valence-corrected chi connectivity index (χ4v) is 5.91. The van der Waals surface area contributed by atoms with Gasteiger partial charge in [0, 0.05) is 5.41 Å². The molecule has 2 aromatic carbocycles. The molecule has 4 heteroatoms. The van der Waals surface area contributed by atoms with Crippen molar-refractivity contribution < 1.29 is 18.9 Å². The molecule has 0 aromatic heterocycles. The summed E-state index contributed by atoms with van der Waals surface area (Å²) in [6, 6.07) is 9.56. The van der Waals surface area contributed by atoms with Gasteiger partial charge < -0.3 is 18.9 Å². The van der Waals surface area contributed by atoms with Crippen LogP contribution in [0, 0.1) is 33.6 Å². The van der Waals surface area contributed by atoms with E-state index >= 15 is 0 Å². The van der Waals surface area contributed by atoms with E-state index in [1.807, 2.05) is 0 Å². The van der Waals surface area contributed by atoms with E-state index in [0.29, 0.717) is 13.2 Å². The minimum atomic E-state index is 0.0347. The molecule has 2 aromatic rings. The van der Waals surface area contributed by atoms with Crippen LogP contribution in [0.4, 0.5) is 0 Å². The summed E-state index contributed by atoms with van der Waals surface area (Å²) in [7, 11) is 0. The first-order valence-electron chi connectivity index (χ1n) is 13.1. The molecule has 2 atom stereocenters. The number of epoxide rings is 2. The predicted molar refractivity (Wildman–Crippen MR) is 135 cm³/mol. The topological polar surface area (TPSA) is 43.5 Å². The molecule has 1 saturated carbocycles. The van der Waals surface area contributed by atoms with Gasteiger partial charge in [0.25, 0.3) is 0 Å². The van der Waals surface area contributed by atoms with Crippen LogP contribution in [0.3, 0.4) is 0 Å². The van der Waals surface area contributed by atoms with Gasteiger partial charge in [0.05, 0.1) is 13.2 Å².